The van der Waals surface area contributed by atoms with E-state index in [1.165, 1.54) is 0 Å². The number of aryl methyl sites for hydroxylation is 1. The predicted octanol–water partition coefficient (Wildman–Crippen LogP) is 2.78. The highest BCUT2D eigenvalue weighted by molar-refractivity contribution is 8.04. The van der Waals surface area contributed by atoms with Gasteiger partial charge in [-0.05, 0) is 38.5 Å². The van der Waals surface area contributed by atoms with Crippen molar-refractivity contribution in [1.29, 1.82) is 0 Å². The molecular weight excluding hydrogens is 372 g/mol. The van der Waals surface area contributed by atoms with Gasteiger partial charge in [-0.3, -0.25) is 4.79 Å². The van der Waals surface area contributed by atoms with Crippen molar-refractivity contribution in [2.75, 3.05) is 30.3 Å². The van der Waals surface area contributed by atoms with Gasteiger partial charge >= 0.3 is 0 Å². The van der Waals surface area contributed by atoms with Gasteiger partial charge < -0.3 is 20.1 Å². The van der Waals surface area contributed by atoms with Crippen LogP contribution in [0.3, 0.4) is 0 Å². The molecule has 0 radical (unpaired) electrons. The van der Waals surface area contributed by atoms with Gasteiger partial charge in [0, 0.05) is 37.8 Å². The first kappa shape index (κ1) is 18.9. The Morgan fingerprint density at radius 3 is 3.11 bits per heavy atom. The Bertz CT molecular complexity index is 938. The minimum atomic E-state index is -0.115. The van der Waals surface area contributed by atoms with E-state index in [1.54, 1.807) is 24.3 Å². The Labute approximate surface area is 169 Å². The largest absolute Gasteiger partial charge is 0.384 e. The topological polar surface area (TPSA) is 77.2 Å². The van der Waals surface area contributed by atoms with Gasteiger partial charge in [0.15, 0.2) is 0 Å². The number of H-pyrrole nitrogens is 1. The number of hydrogen-bond donors (Lipinski definition) is 2. The summed E-state index contributed by atoms with van der Waals surface area (Å²) in [5.41, 5.74) is 1.81. The minimum Gasteiger partial charge on any atom is -0.384 e. The molecule has 8 heteroatoms. The maximum absolute atomic E-state index is 13.2. The summed E-state index contributed by atoms with van der Waals surface area (Å²) in [6.07, 6.45) is 9.22. The zero-order chi connectivity index (χ0) is 19.7. The number of thioether (sulfide) groups is 1. The number of carbonyl (C=O) groups is 1. The lowest BCUT2D eigenvalue weighted by molar-refractivity contribution is -0.128. The monoisotopic (exact) mass is 398 g/mol. The second-order valence-electron chi connectivity index (χ2n) is 7.67. The fourth-order valence-electron chi connectivity index (χ4n) is 4.03. The number of piperidine rings is 1. The van der Waals surface area contributed by atoms with Crippen LogP contribution in [0.1, 0.15) is 25.3 Å². The van der Waals surface area contributed by atoms with Crippen molar-refractivity contribution in [3.05, 3.63) is 42.0 Å². The molecule has 1 saturated heterocycles. The van der Waals surface area contributed by atoms with Gasteiger partial charge in [0.1, 0.15) is 17.8 Å². The number of nitrogens with one attached hydrogen (secondary N) is 2. The van der Waals surface area contributed by atoms with Gasteiger partial charge in [-0.25, -0.2) is 9.97 Å². The molecule has 0 saturated carbocycles. The molecule has 0 spiro atoms. The number of carbonyl (C=O) groups excluding carboxylic acids is 1. The lowest BCUT2D eigenvalue weighted by Crippen LogP contribution is -2.55. The van der Waals surface area contributed by atoms with Gasteiger partial charge in [-0.2, -0.15) is 0 Å². The fraction of sp³-hybridized carbons (Fsp3) is 0.450. The highest BCUT2D eigenvalue weighted by Crippen LogP contribution is 2.32. The van der Waals surface area contributed by atoms with Crippen LogP contribution in [0, 0.1) is 6.92 Å². The molecule has 1 amide bonds. The summed E-state index contributed by atoms with van der Waals surface area (Å²) in [6.45, 7) is 10.3. The van der Waals surface area contributed by atoms with Crippen LogP contribution in [0.5, 0.6) is 0 Å². The Hall–Kier alpha value is -2.48. The molecule has 2 aliphatic rings. The Morgan fingerprint density at radius 2 is 2.29 bits per heavy atom. The van der Waals surface area contributed by atoms with Crippen molar-refractivity contribution in [3.8, 4) is 0 Å². The van der Waals surface area contributed by atoms with E-state index < -0.39 is 0 Å². The standard InChI is InChI=1S/C20H26N6OS/c1-4-24-20(3)6-5-7-26(12-20)19(27)15-11-25(8-9-28-15)18-16-14(2)10-21-17(16)22-13-23-18/h4,10-11,13,24H,1,5-9,12H2,2-3H3,(H,21,22,23). The fourth-order valence-corrected chi connectivity index (χ4v) is 4.99. The molecule has 2 aromatic rings. The third-order valence-corrected chi connectivity index (χ3v) is 6.40. The average Bonchev–Trinajstić information content (AvgIpc) is 3.09. The van der Waals surface area contributed by atoms with Crippen molar-refractivity contribution >= 4 is 34.5 Å². The molecule has 2 aromatic heterocycles. The molecule has 4 rings (SSSR count). The first-order chi connectivity index (χ1) is 13.5. The van der Waals surface area contributed by atoms with E-state index in [0.717, 1.165) is 59.0 Å². The molecule has 1 fully saturated rings. The molecule has 4 heterocycles. The maximum Gasteiger partial charge on any atom is 0.261 e. The lowest BCUT2D eigenvalue weighted by Gasteiger charge is -2.41. The summed E-state index contributed by atoms with van der Waals surface area (Å²) >= 11 is 1.62. The van der Waals surface area contributed by atoms with E-state index in [9.17, 15) is 4.79 Å². The number of aromatic nitrogens is 3. The molecule has 0 aliphatic carbocycles. The molecule has 0 aromatic carbocycles. The van der Waals surface area contributed by atoms with Crippen molar-refractivity contribution < 1.29 is 4.79 Å². The number of fused-ring (bicyclic) bond motifs is 1. The summed E-state index contributed by atoms with van der Waals surface area (Å²) < 4.78 is 0. The number of hydrogen-bond acceptors (Lipinski definition) is 6. The predicted molar refractivity (Wildman–Crippen MR) is 114 cm³/mol. The SMILES string of the molecule is C=CNC1(C)CCCN(C(=O)C2=CN(c3ncnc4[nH]cc(C)c34)CCS2)C1. The van der Waals surface area contributed by atoms with E-state index in [1.807, 2.05) is 24.2 Å². The summed E-state index contributed by atoms with van der Waals surface area (Å²) in [7, 11) is 0. The highest BCUT2D eigenvalue weighted by Gasteiger charge is 2.34. The van der Waals surface area contributed by atoms with E-state index in [-0.39, 0.29) is 11.4 Å². The molecular formula is C20H26N6OS. The van der Waals surface area contributed by atoms with E-state index in [4.69, 9.17) is 0 Å². The molecule has 1 unspecified atom stereocenters. The second kappa shape index (κ2) is 7.50. The Balaban J connectivity index is 1.60. The number of anilines is 1. The molecule has 2 aliphatic heterocycles. The van der Waals surface area contributed by atoms with Crippen LogP contribution in [-0.4, -0.2) is 56.7 Å². The zero-order valence-corrected chi connectivity index (χ0v) is 17.2. The Morgan fingerprint density at radius 1 is 1.43 bits per heavy atom. The molecule has 7 nitrogen and oxygen atoms in total. The van der Waals surface area contributed by atoms with Gasteiger partial charge in [0.05, 0.1) is 15.8 Å². The van der Waals surface area contributed by atoms with Crippen LogP contribution in [0.15, 0.2) is 36.4 Å². The molecule has 148 valence electrons. The van der Waals surface area contributed by atoms with Crippen LogP contribution in [0.2, 0.25) is 0 Å². The Kier molecular flexibility index (Phi) is 5.05. The van der Waals surface area contributed by atoms with Gasteiger partial charge in [0.25, 0.3) is 5.91 Å². The molecule has 28 heavy (non-hydrogen) atoms. The van der Waals surface area contributed by atoms with Crippen molar-refractivity contribution in [1.82, 2.24) is 25.2 Å². The van der Waals surface area contributed by atoms with Crippen LogP contribution in [0.25, 0.3) is 11.0 Å². The molecule has 0 bridgehead atoms. The van der Waals surface area contributed by atoms with Crippen LogP contribution >= 0.6 is 11.8 Å². The molecule has 2 N–H and O–H groups in total. The van der Waals surface area contributed by atoms with Gasteiger partial charge in [0.2, 0.25) is 0 Å². The van der Waals surface area contributed by atoms with Gasteiger partial charge in [-0.15, -0.1) is 11.8 Å². The average molecular weight is 399 g/mol. The van der Waals surface area contributed by atoms with Crippen molar-refractivity contribution in [2.45, 2.75) is 32.2 Å². The van der Waals surface area contributed by atoms with Crippen molar-refractivity contribution in [2.24, 2.45) is 0 Å². The van der Waals surface area contributed by atoms with E-state index >= 15 is 0 Å². The summed E-state index contributed by atoms with van der Waals surface area (Å²) in [5.74, 6) is 1.80. The van der Waals surface area contributed by atoms with E-state index in [0.29, 0.717) is 6.54 Å². The minimum absolute atomic E-state index is 0.0996. The van der Waals surface area contributed by atoms with Crippen LogP contribution in [0.4, 0.5) is 5.82 Å². The summed E-state index contributed by atoms with van der Waals surface area (Å²) in [4.78, 5) is 30.0. The van der Waals surface area contributed by atoms with Crippen LogP contribution < -0.4 is 10.2 Å². The van der Waals surface area contributed by atoms with Crippen molar-refractivity contribution in [3.63, 3.8) is 0 Å². The number of rotatable bonds is 4. The zero-order valence-electron chi connectivity index (χ0n) is 16.4. The first-order valence-corrected chi connectivity index (χ1v) is 10.6. The summed E-state index contributed by atoms with van der Waals surface area (Å²) in [6, 6.07) is 0. The third kappa shape index (κ3) is 3.48. The quantitative estimate of drug-likeness (QED) is 0.825. The number of aromatic amines is 1. The maximum atomic E-state index is 13.2. The normalized spacial score (nSPS) is 22.9. The molecule has 1 atom stereocenters. The van der Waals surface area contributed by atoms with E-state index in [2.05, 4.69) is 38.7 Å². The van der Waals surface area contributed by atoms with Gasteiger partial charge in [-0.1, -0.05) is 6.58 Å². The summed E-state index contributed by atoms with van der Waals surface area (Å²) in [5, 5.41) is 4.33. The lowest BCUT2D eigenvalue weighted by atomic mass is 9.91. The first-order valence-electron chi connectivity index (χ1n) is 9.58. The third-order valence-electron chi connectivity index (χ3n) is 5.43. The highest BCUT2D eigenvalue weighted by atomic mass is 32.2. The number of likely N-dealkylation sites (tertiary alicyclic amines) is 1. The number of amides is 1. The number of nitrogens with zero attached hydrogens (tertiary/aromatic N) is 4. The van der Waals surface area contributed by atoms with Crippen LogP contribution in [-0.2, 0) is 4.79 Å². The smallest absolute Gasteiger partial charge is 0.261 e. The second-order valence-corrected chi connectivity index (χ2v) is 8.80.